The molecule has 0 radical (unpaired) electrons. The van der Waals surface area contributed by atoms with Gasteiger partial charge in [-0.15, -0.1) is 0 Å². The fourth-order valence-electron chi connectivity index (χ4n) is 1.20. The summed E-state index contributed by atoms with van der Waals surface area (Å²) in [6, 6.07) is 0. The molecule has 0 bridgehead atoms. The first-order valence-electron chi connectivity index (χ1n) is 5.99. The number of nitrogens with zero attached hydrogens (tertiary/aromatic N) is 1. The highest BCUT2D eigenvalue weighted by Crippen LogP contribution is 2.37. The normalized spacial score (nSPS) is 14.6. The van der Waals surface area contributed by atoms with E-state index >= 15 is 0 Å². The molecule has 0 aromatic rings. The molecule has 0 heterocycles. The molecule has 0 aliphatic carbocycles. The molecule has 0 rings (SSSR count). The van der Waals surface area contributed by atoms with Crippen LogP contribution in [0.1, 0.15) is 34.1 Å². The molecule has 1 atom stereocenters. The largest absolute Gasteiger partial charge is 0.414 e. The van der Waals surface area contributed by atoms with Gasteiger partial charge in [-0.05, 0) is 25.1 Å². The molecule has 1 amide bonds. The van der Waals surface area contributed by atoms with Crippen LogP contribution in [0.2, 0.25) is 18.1 Å². The summed E-state index contributed by atoms with van der Waals surface area (Å²) in [5, 5.41) is 1.41. The fraction of sp³-hybridized carbons (Fsp3) is 0.917. The average Bonchev–Trinajstić information content (AvgIpc) is 2.13. The van der Waals surface area contributed by atoms with Crippen molar-refractivity contribution in [3.8, 4) is 0 Å². The summed E-state index contributed by atoms with van der Waals surface area (Å²) in [5.74, 6) is -0.0568. The highest BCUT2D eigenvalue weighted by molar-refractivity contribution is 6.74. The van der Waals surface area contributed by atoms with E-state index in [2.05, 4.69) is 33.9 Å². The zero-order valence-electron chi connectivity index (χ0n) is 12.5. The summed E-state index contributed by atoms with van der Waals surface area (Å²) in [5.41, 5.74) is 0. The lowest BCUT2D eigenvalue weighted by molar-refractivity contribution is -0.170. The van der Waals surface area contributed by atoms with Gasteiger partial charge in [-0.1, -0.05) is 20.8 Å². The minimum Gasteiger partial charge on any atom is -0.414 e. The first-order chi connectivity index (χ1) is 7.51. The van der Waals surface area contributed by atoms with E-state index in [9.17, 15) is 4.79 Å². The fourth-order valence-corrected chi connectivity index (χ4v) is 2.64. The van der Waals surface area contributed by atoms with Crippen LogP contribution in [0.25, 0.3) is 0 Å². The van der Waals surface area contributed by atoms with Crippen molar-refractivity contribution >= 4 is 14.2 Å². The molecule has 0 aromatic carbocycles. The Balaban J connectivity index is 4.37. The summed E-state index contributed by atoms with van der Waals surface area (Å²) < 4.78 is 6.10. The van der Waals surface area contributed by atoms with E-state index < -0.39 is 8.32 Å². The maximum absolute atomic E-state index is 11.7. The van der Waals surface area contributed by atoms with Crippen LogP contribution < -0.4 is 0 Å². The first kappa shape index (κ1) is 16.6. The van der Waals surface area contributed by atoms with Gasteiger partial charge in [-0.3, -0.25) is 9.63 Å². The molecule has 102 valence electrons. The van der Waals surface area contributed by atoms with E-state index in [0.29, 0.717) is 6.42 Å². The second kappa shape index (κ2) is 5.98. The number of hydroxylamine groups is 2. The third-order valence-electron chi connectivity index (χ3n) is 3.39. The first-order valence-corrected chi connectivity index (χ1v) is 8.90. The molecule has 0 aromatic heterocycles. The van der Waals surface area contributed by atoms with E-state index in [4.69, 9.17) is 9.26 Å². The van der Waals surface area contributed by atoms with Crippen LogP contribution in [0.4, 0.5) is 0 Å². The molecule has 5 heteroatoms. The Kier molecular flexibility index (Phi) is 5.84. The van der Waals surface area contributed by atoms with Crippen LogP contribution in [0, 0.1) is 0 Å². The topological polar surface area (TPSA) is 38.8 Å². The van der Waals surface area contributed by atoms with Crippen LogP contribution in [0.5, 0.6) is 0 Å². The van der Waals surface area contributed by atoms with Gasteiger partial charge in [0.25, 0.3) is 0 Å². The number of carbonyl (C=O) groups excluding carboxylic acids is 1. The summed E-state index contributed by atoms with van der Waals surface area (Å²) >= 11 is 0. The second-order valence-corrected chi connectivity index (χ2v) is 10.7. The van der Waals surface area contributed by atoms with Gasteiger partial charge in [0.1, 0.15) is 0 Å². The molecule has 0 fully saturated rings. The van der Waals surface area contributed by atoms with Crippen LogP contribution in [0.3, 0.4) is 0 Å². The van der Waals surface area contributed by atoms with E-state index in [1.54, 1.807) is 7.05 Å². The Hall–Kier alpha value is -0.393. The zero-order valence-corrected chi connectivity index (χ0v) is 13.5. The van der Waals surface area contributed by atoms with Crippen molar-refractivity contribution in [2.45, 2.75) is 58.4 Å². The lowest BCUT2D eigenvalue weighted by Crippen LogP contribution is -2.44. The predicted molar refractivity (Wildman–Crippen MR) is 72.1 cm³/mol. The highest BCUT2D eigenvalue weighted by Gasteiger charge is 2.38. The van der Waals surface area contributed by atoms with E-state index in [1.165, 1.54) is 12.2 Å². The lowest BCUT2D eigenvalue weighted by atomic mass is 10.2. The quantitative estimate of drug-likeness (QED) is 0.564. The van der Waals surface area contributed by atoms with Crippen molar-refractivity contribution in [3.05, 3.63) is 0 Å². The van der Waals surface area contributed by atoms with E-state index in [0.717, 1.165) is 0 Å². The minimum atomic E-state index is -1.79. The Labute approximate surface area is 106 Å². The lowest BCUT2D eigenvalue weighted by Gasteiger charge is -2.38. The molecule has 0 unspecified atom stereocenters. The standard InChI is InChI=1S/C12H27NO3Si/c1-10(9-11(14)13(5)15-6)16-17(7,8)12(2,3)4/h10H,9H2,1-8H3/t10-/m1/s1. The zero-order chi connectivity index (χ0) is 13.9. The second-order valence-electron chi connectivity index (χ2n) is 5.97. The molecule has 0 aliphatic rings. The molecule has 0 saturated carbocycles. The molecule has 0 spiro atoms. The van der Waals surface area contributed by atoms with Crippen molar-refractivity contribution in [1.82, 2.24) is 5.06 Å². The Morgan fingerprint density at radius 1 is 1.35 bits per heavy atom. The van der Waals surface area contributed by atoms with Gasteiger partial charge in [0, 0.05) is 7.05 Å². The maximum Gasteiger partial charge on any atom is 0.248 e. The number of hydrogen-bond donors (Lipinski definition) is 0. The van der Waals surface area contributed by atoms with Crippen molar-refractivity contribution in [3.63, 3.8) is 0 Å². The molecular weight excluding hydrogens is 234 g/mol. The Bertz CT molecular complexity index is 261. The van der Waals surface area contributed by atoms with E-state index in [1.807, 2.05) is 6.92 Å². The molecule has 0 aliphatic heterocycles. The number of amides is 1. The smallest absolute Gasteiger partial charge is 0.248 e. The highest BCUT2D eigenvalue weighted by atomic mass is 28.4. The molecule has 0 N–H and O–H groups in total. The molecule has 4 nitrogen and oxygen atoms in total. The van der Waals surface area contributed by atoms with Crippen molar-refractivity contribution in [2.75, 3.05) is 14.2 Å². The van der Waals surface area contributed by atoms with Crippen LogP contribution >= 0.6 is 0 Å². The van der Waals surface area contributed by atoms with Gasteiger partial charge in [0.2, 0.25) is 5.91 Å². The van der Waals surface area contributed by atoms with Gasteiger partial charge < -0.3 is 4.43 Å². The van der Waals surface area contributed by atoms with Crippen molar-refractivity contribution in [1.29, 1.82) is 0 Å². The van der Waals surface area contributed by atoms with Gasteiger partial charge in [-0.25, -0.2) is 5.06 Å². The third kappa shape index (κ3) is 5.19. The molecular formula is C12H27NO3Si. The number of hydrogen-bond acceptors (Lipinski definition) is 3. The van der Waals surface area contributed by atoms with Crippen LogP contribution in [-0.2, 0) is 14.1 Å². The van der Waals surface area contributed by atoms with Gasteiger partial charge in [-0.2, -0.15) is 0 Å². The van der Waals surface area contributed by atoms with Gasteiger partial charge in [0.05, 0.1) is 19.6 Å². The maximum atomic E-state index is 11.7. The van der Waals surface area contributed by atoms with Crippen LogP contribution in [0.15, 0.2) is 0 Å². The average molecular weight is 261 g/mol. The SMILES string of the molecule is CON(C)C(=O)C[C@@H](C)O[Si](C)(C)C(C)(C)C. The number of rotatable bonds is 5. The number of carbonyl (C=O) groups is 1. The van der Waals surface area contributed by atoms with Gasteiger partial charge >= 0.3 is 0 Å². The molecule has 0 saturated heterocycles. The predicted octanol–water partition coefficient (Wildman–Crippen LogP) is 2.81. The monoisotopic (exact) mass is 261 g/mol. The minimum absolute atomic E-state index is 0.0568. The Morgan fingerprint density at radius 2 is 1.82 bits per heavy atom. The van der Waals surface area contributed by atoms with E-state index in [-0.39, 0.29) is 17.0 Å². The van der Waals surface area contributed by atoms with Crippen molar-refractivity contribution < 1.29 is 14.1 Å². The van der Waals surface area contributed by atoms with Crippen LogP contribution in [-0.4, -0.2) is 39.5 Å². The van der Waals surface area contributed by atoms with Gasteiger partial charge in [0.15, 0.2) is 8.32 Å². The Morgan fingerprint density at radius 3 is 2.18 bits per heavy atom. The summed E-state index contributed by atoms with van der Waals surface area (Å²) in [7, 11) is 1.30. The summed E-state index contributed by atoms with van der Waals surface area (Å²) in [6.45, 7) is 12.9. The molecule has 17 heavy (non-hydrogen) atoms. The van der Waals surface area contributed by atoms with Crippen molar-refractivity contribution in [2.24, 2.45) is 0 Å². The summed E-state index contributed by atoms with van der Waals surface area (Å²) in [4.78, 5) is 16.5. The summed E-state index contributed by atoms with van der Waals surface area (Å²) in [6.07, 6.45) is 0.289. The third-order valence-corrected chi connectivity index (χ3v) is 7.99.